The van der Waals surface area contributed by atoms with Crippen molar-refractivity contribution in [3.05, 3.63) is 59.4 Å². The summed E-state index contributed by atoms with van der Waals surface area (Å²) < 4.78 is 5.03. The van der Waals surface area contributed by atoms with E-state index in [2.05, 4.69) is 10.3 Å². The van der Waals surface area contributed by atoms with Crippen LogP contribution in [0, 0.1) is 11.3 Å². The Morgan fingerprint density at radius 2 is 2.08 bits per heavy atom. The monoisotopic (exact) mass is 341 g/mol. The van der Waals surface area contributed by atoms with Crippen LogP contribution in [-0.4, -0.2) is 30.4 Å². The van der Waals surface area contributed by atoms with E-state index in [0.717, 1.165) is 17.9 Å². The van der Waals surface area contributed by atoms with Crippen LogP contribution in [0.4, 0.5) is 0 Å². The summed E-state index contributed by atoms with van der Waals surface area (Å²) in [4.78, 5) is 17.4. The third-order valence-corrected chi connectivity index (χ3v) is 4.39. The summed E-state index contributed by atoms with van der Waals surface area (Å²) >= 11 is 1.73. The first-order valence-corrected chi connectivity index (χ1v) is 8.51. The minimum Gasteiger partial charge on any atom is -0.384 e. The molecule has 0 unspecified atom stereocenters. The molecule has 0 saturated heterocycles. The molecular weight excluding hydrogens is 322 g/mol. The maximum atomic E-state index is 12.2. The lowest BCUT2D eigenvalue weighted by Crippen LogP contribution is -2.27. The molecule has 0 fully saturated rings. The summed E-state index contributed by atoms with van der Waals surface area (Å²) in [6.07, 6.45) is 1.39. The Kier molecular flexibility index (Phi) is 6.79. The second-order valence-electron chi connectivity index (χ2n) is 5.15. The Morgan fingerprint density at radius 3 is 2.67 bits per heavy atom. The number of nitrogens with zero attached hydrogens (tertiary/aromatic N) is 2. The van der Waals surface area contributed by atoms with Gasteiger partial charge >= 0.3 is 0 Å². The van der Waals surface area contributed by atoms with Gasteiger partial charge in [-0.15, -0.1) is 11.8 Å². The zero-order chi connectivity index (χ0) is 17.4. The third kappa shape index (κ3) is 5.08. The number of amides is 1. The topological polar surface area (TPSA) is 75.0 Å². The normalized spacial score (nSPS) is 11.5. The average molecular weight is 341 g/mol. The zero-order valence-electron chi connectivity index (χ0n) is 13.7. The SMILES string of the molecule is COCCSc1ccc([C@H](C)NC(=O)c2ccc(C#N)cn2)cc1. The lowest BCUT2D eigenvalue weighted by molar-refractivity contribution is 0.0935. The molecule has 0 aliphatic heterocycles. The van der Waals surface area contributed by atoms with Gasteiger partial charge in [-0.25, -0.2) is 4.98 Å². The number of carbonyl (C=O) groups is 1. The van der Waals surface area contributed by atoms with E-state index in [1.807, 2.05) is 37.3 Å². The number of methoxy groups -OCH3 is 1. The largest absolute Gasteiger partial charge is 0.384 e. The first kappa shape index (κ1) is 18.0. The van der Waals surface area contributed by atoms with Crippen LogP contribution < -0.4 is 5.32 Å². The Hall–Kier alpha value is -2.36. The number of carbonyl (C=O) groups excluding carboxylic acids is 1. The highest BCUT2D eigenvalue weighted by molar-refractivity contribution is 7.99. The Labute approximate surface area is 146 Å². The molecule has 0 aliphatic carbocycles. The average Bonchev–Trinajstić information content (AvgIpc) is 2.62. The summed E-state index contributed by atoms with van der Waals surface area (Å²) in [7, 11) is 1.69. The van der Waals surface area contributed by atoms with Crippen LogP contribution in [0.5, 0.6) is 0 Å². The van der Waals surface area contributed by atoms with Crippen molar-refractivity contribution in [2.45, 2.75) is 17.9 Å². The van der Waals surface area contributed by atoms with Gasteiger partial charge in [-0.2, -0.15) is 5.26 Å². The quantitative estimate of drug-likeness (QED) is 0.618. The van der Waals surface area contributed by atoms with Gasteiger partial charge in [-0.05, 0) is 36.8 Å². The van der Waals surface area contributed by atoms with Crippen molar-refractivity contribution in [3.8, 4) is 6.07 Å². The van der Waals surface area contributed by atoms with E-state index in [4.69, 9.17) is 10.00 Å². The van der Waals surface area contributed by atoms with E-state index in [1.54, 1.807) is 31.0 Å². The van der Waals surface area contributed by atoms with Gasteiger partial charge in [0.05, 0.1) is 18.2 Å². The molecule has 1 aromatic carbocycles. The molecule has 1 aromatic heterocycles. The number of pyridine rings is 1. The number of benzene rings is 1. The number of hydrogen-bond acceptors (Lipinski definition) is 5. The standard InChI is InChI=1S/C18H19N3O2S/c1-13(15-4-6-16(7-5-15)24-10-9-23-2)21-18(22)17-8-3-14(11-19)12-20-17/h3-8,12-13H,9-10H2,1-2H3,(H,21,22)/t13-/m0/s1. The molecule has 5 nitrogen and oxygen atoms in total. The van der Waals surface area contributed by atoms with Crippen molar-refractivity contribution in [1.29, 1.82) is 5.26 Å². The van der Waals surface area contributed by atoms with Crippen LogP contribution in [0.25, 0.3) is 0 Å². The molecule has 24 heavy (non-hydrogen) atoms. The molecular formula is C18H19N3O2S. The van der Waals surface area contributed by atoms with Crippen LogP contribution >= 0.6 is 11.8 Å². The van der Waals surface area contributed by atoms with E-state index in [1.165, 1.54) is 11.1 Å². The number of aromatic nitrogens is 1. The Morgan fingerprint density at radius 1 is 1.33 bits per heavy atom. The van der Waals surface area contributed by atoms with E-state index in [-0.39, 0.29) is 11.9 Å². The van der Waals surface area contributed by atoms with Crippen molar-refractivity contribution in [2.75, 3.05) is 19.5 Å². The smallest absolute Gasteiger partial charge is 0.270 e. The highest BCUT2D eigenvalue weighted by Gasteiger charge is 2.12. The molecule has 0 spiro atoms. The van der Waals surface area contributed by atoms with Crippen LogP contribution in [0.3, 0.4) is 0 Å². The third-order valence-electron chi connectivity index (χ3n) is 3.41. The van der Waals surface area contributed by atoms with Crippen molar-refractivity contribution in [3.63, 3.8) is 0 Å². The number of ether oxygens (including phenoxy) is 1. The van der Waals surface area contributed by atoms with Crippen LogP contribution in [0.1, 0.15) is 34.6 Å². The fourth-order valence-corrected chi connectivity index (χ4v) is 2.86. The fourth-order valence-electron chi connectivity index (χ4n) is 2.04. The highest BCUT2D eigenvalue weighted by atomic mass is 32.2. The first-order valence-electron chi connectivity index (χ1n) is 7.52. The summed E-state index contributed by atoms with van der Waals surface area (Å²) in [6, 6.07) is 13.1. The molecule has 124 valence electrons. The molecule has 0 radical (unpaired) electrons. The van der Waals surface area contributed by atoms with E-state index < -0.39 is 0 Å². The number of thioether (sulfide) groups is 1. The van der Waals surface area contributed by atoms with Crippen LogP contribution in [-0.2, 0) is 4.74 Å². The van der Waals surface area contributed by atoms with Crippen molar-refractivity contribution in [2.24, 2.45) is 0 Å². The van der Waals surface area contributed by atoms with Gasteiger partial charge in [0, 0.05) is 24.0 Å². The molecule has 0 bridgehead atoms. The Balaban J connectivity index is 1.94. The number of rotatable bonds is 7. The van der Waals surface area contributed by atoms with E-state index >= 15 is 0 Å². The zero-order valence-corrected chi connectivity index (χ0v) is 14.5. The molecule has 2 rings (SSSR count). The minimum atomic E-state index is -0.259. The van der Waals surface area contributed by atoms with Gasteiger partial charge in [-0.3, -0.25) is 4.79 Å². The van der Waals surface area contributed by atoms with Gasteiger partial charge in [0.1, 0.15) is 11.8 Å². The summed E-state index contributed by atoms with van der Waals surface area (Å²) in [6.45, 7) is 2.64. The molecule has 1 N–H and O–H groups in total. The molecule has 1 atom stereocenters. The number of nitrogens with one attached hydrogen (secondary N) is 1. The molecule has 0 aliphatic rings. The maximum absolute atomic E-state index is 12.2. The number of nitriles is 1. The predicted molar refractivity (Wildman–Crippen MR) is 93.9 cm³/mol. The highest BCUT2D eigenvalue weighted by Crippen LogP contribution is 2.21. The van der Waals surface area contributed by atoms with Crippen molar-refractivity contribution in [1.82, 2.24) is 10.3 Å². The summed E-state index contributed by atoms with van der Waals surface area (Å²) in [5.74, 6) is 0.650. The van der Waals surface area contributed by atoms with Gasteiger partial charge in [0.25, 0.3) is 5.91 Å². The maximum Gasteiger partial charge on any atom is 0.270 e. The van der Waals surface area contributed by atoms with E-state index in [9.17, 15) is 4.79 Å². The second-order valence-corrected chi connectivity index (χ2v) is 6.32. The van der Waals surface area contributed by atoms with Gasteiger partial charge < -0.3 is 10.1 Å². The lowest BCUT2D eigenvalue weighted by Gasteiger charge is -2.14. The molecule has 6 heteroatoms. The fraction of sp³-hybridized carbons (Fsp3) is 0.278. The van der Waals surface area contributed by atoms with Crippen LogP contribution in [0.2, 0.25) is 0 Å². The summed E-state index contributed by atoms with van der Waals surface area (Å²) in [5, 5.41) is 11.7. The predicted octanol–water partition coefficient (Wildman–Crippen LogP) is 3.18. The van der Waals surface area contributed by atoms with Crippen molar-refractivity contribution < 1.29 is 9.53 Å². The van der Waals surface area contributed by atoms with Gasteiger partial charge in [0.2, 0.25) is 0 Å². The van der Waals surface area contributed by atoms with Gasteiger partial charge in [0.15, 0.2) is 0 Å². The molecule has 0 saturated carbocycles. The molecule has 1 heterocycles. The van der Waals surface area contributed by atoms with E-state index in [0.29, 0.717) is 11.3 Å². The van der Waals surface area contributed by atoms with Gasteiger partial charge in [-0.1, -0.05) is 12.1 Å². The lowest BCUT2D eigenvalue weighted by atomic mass is 10.1. The first-order chi connectivity index (χ1) is 11.6. The van der Waals surface area contributed by atoms with Crippen molar-refractivity contribution >= 4 is 17.7 Å². The minimum absolute atomic E-state index is 0.132. The number of hydrogen-bond donors (Lipinski definition) is 1. The second kappa shape index (κ2) is 9.06. The molecule has 1 amide bonds. The van der Waals surface area contributed by atoms with Crippen LogP contribution in [0.15, 0.2) is 47.5 Å². The summed E-state index contributed by atoms with van der Waals surface area (Å²) in [5.41, 5.74) is 1.75. The Bertz CT molecular complexity index is 709. The molecule has 2 aromatic rings.